The van der Waals surface area contributed by atoms with E-state index in [0.29, 0.717) is 22.4 Å². The largest absolute Gasteiger partial charge is 0.326 e. The van der Waals surface area contributed by atoms with Crippen LogP contribution in [0.5, 0.6) is 0 Å². The summed E-state index contributed by atoms with van der Waals surface area (Å²) in [4.78, 5) is 51.7. The lowest BCUT2D eigenvalue weighted by molar-refractivity contribution is -0.124. The van der Waals surface area contributed by atoms with Gasteiger partial charge in [-0.25, -0.2) is 0 Å². The zero-order valence-electron chi connectivity index (χ0n) is 13.5. The number of anilines is 2. The molecule has 3 aromatic rings. The van der Waals surface area contributed by atoms with Crippen molar-refractivity contribution >= 4 is 34.2 Å². The SMILES string of the molecule is O=C(C[C@H]1C(=O)Nc2cccc3[nH]c(=O)c(=O)n1c23)Nc1ccccc1. The van der Waals surface area contributed by atoms with E-state index >= 15 is 0 Å². The van der Waals surface area contributed by atoms with Gasteiger partial charge in [0.1, 0.15) is 6.04 Å². The molecule has 2 amide bonds. The van der Waals surface area contributed by atoms with E-state index < -0.39 is 29.0 Å². The number of nitrogens with one attached hydrogen (secondary N) is 3. The fourth-order valence-electron chi connectivity index (χ4n) is 3.12. The van der Waals surface area contributed by atoms with Crippen LogP contribution in [0.1, 0.15) is 12.5 Å². The molecule has 0 bridgehead atoms. The third-order valence-electron chi connectivity index (χ3n) is 4.25. The average molecular weight is 350 g/mol. The van der Waals surface area contributed by atoms with Crippen LogP contribution in [0.4, 0.5) is 11.4 Å². The van der Waals surface area contributed by atoms with Crippen molar-refractivity contribution in [2.45, 2.75) is 12.5 Å². The molecule has 0 unspecified atom stereocenters. The summed E-state index contributed by atoms with van der Waals surface area (Å²) in [7, 11) is 0. The summed E-state index contributed by atoms with van der Waals surface area (Å²) in [5.74, 6) is -0.947. The Morgan fingerprint density at radius 2 is 1.81 bits per heavy atom. The molecule has 0 radical (unpaired) electrons. The molecular formula is C18H14N4O4. The van der Waals surface area contributed by atoms with Crippen LogP contribution in [-0.2, 0) is 9.59 Å². The first kappa shape index (κ1) is 15.8. The maximum atomic E-state index is 12.5. The highest BCUT2D eigenvalue weighted by atomic mass is 16.2. The topological polar surface area (TPSA) is 113 Å². The highest BCUT2D eigenvalue weighted by Crippen LogP contribution is 2.29. The number of aromatic amines is 1. The fourth-order valence-corrected chi connectivity index (χ4v) is 3.12. The molecule has 1 aromatic heterocycles. The first-order valence-electron chi connectivity index (χ1n) is 7.98. The molecule has 26 heavy (non-hydrogen) atoms. The first-order valence-corrected chi connectivity index (χ1v) is 7.98. The van der Waals surface area contributed by atoms with Gasteiger partial charge in [0, 0.05) is 5.69 Å². The van der Waals surface area contributed by atoms with Gasteiger partial charge in [-0.2, -0.15) is 0 Å². The number of rotatable bonds is 3. The Labute approximate surface area is 146 Å². The fraction of sp³-hybridized carbons (Fsp3) is 0.111. The van der Waals surface area contributed by atoms with Crippen LogP contribution in [0.3, 0.4) is 0 Å². The molecule has 0 fully saturated rings. The molecule has 8 nitrogen and oxygen atoms in total. The Morgan fingerprint density at radius 1 is 1.04 bits per heavy atom. The van der Waals surface area contributed by atoms with Crippen LogP contribution in [-0.4, -0.2) is 21.4 Å². The van der Waals surface area contributed by atoms with E-state index in [1.807, 2.05) is 6.07 Å². The van der Waals surface area contributed by atoms with Gasteiger partial charge >= 0.3 is 11.1 Å². The molecule has 2 heterocycles. The summed E-state index contributed by atoms with van der Waals surface area (Å²) in [6.45, 7) is 0. The van der Waals surface area contributed by atoms with Crippen LogP contribution in [0, 0.1) is 0 Å². The molecular weight excluding hydrogens is 336 g/mol. The second-order valence-electron chi connectivity index (χ2n) is 5.95. The first-order chi connectivity index (χ1) is 12.5. The molecule has 2 aromatic carbocycles. The Bertz CT molecular complexity index is 1150. The highest BCUT2D eigenvalue weighted by molar-refractivity contribution is 6.06. The molecule has 0 saturated carbocycles. The molecule has 0 saturated heterocycles. The van der Waals surface area contributed by atoms with Crippen molar-refractivity contribution in [2.24, 2.45) is 0 Å². The van der Waals surface area contributed by atoms with Gasteiger partial charge in [0.25, 0.3) is 0 Å². The Balaban J connectivity index is 1.76. The van der Waals surface area contributed by atoms with E-state index in [2.05, 4.69) is 15.6 Å². The number of carbonyl (C=O) groups is 2. The standard InChI is InChI=1S/C18H14N4O4/c23-14(19-10-5-2-1-3-6-10)9-13-16(24)20-11-7-4-8-12-15(11)22(13)18(26)17(25)21-12/h1-8,13H,9H2,(H,19,23)(H,20,24)(H,21,25)/t13-/m0/s1. The number of H-pyrrole nitrogens is 1. The van der Waals surface area contributed by atoms with Gasteiger partial charge in [-0.3, -0.25) is 23.7 Å². The summed E-state index contributed by atoms with van der Waals surface area (Å²) in [5.41, 5.74) is 0.114. The van der Waals surface area contributed by atoms with Gasteiger partial charge in [0.05, 0.1) is 23.1 Å². The minimum absolute atomic E-state index is 0.270. The number of amides is 2. The van der Waals surface area contributed by atoms with E-state index in [1.54, 1.807) is 42.5 Å². The predicted octanol–water partition coefficient (Wildman–Crippen LogP) is 1.21. The maximum absolute atomic E-state index is 12.5. The second kappa shape index (κ2) is 5.99. The Morgan fingerprint density at radius 3 is 2.58 bits per heavy atom. The molecule has 3 N–H and O–H groups in total. The number of hydrogen-bond donors (Lipinski definition) is 3. The van der Waals surface area contributed by atoms with Crippen LogP contribution in [0.15, 0.2) is 58.1 Å². The van der Waals surface area contributed by atoms with Crippen LogP contribution >= 0.6 is 0 Å². The molecule has 1 aliphatic heterocycles. The van der Waals surface area contributed by atoms with Crippen molar-refractivity contribution in [3.8, 4) is 0 Å². The summed E-state index contributed by atoms with van der Waals surface area (Å²) >= 11 is 0. The van der Waals surface area contributed by atoms with Crippen LogP contribution in [0.2, 0.25) is 0 Å². The monoisotopic (exact) mass is 350 g/mol. The van der Waals surface area contributed by atoms with Crippen molar-refractivity contribution in [1.82, 2.24) is 9.55 Å². The minimum Gasteiger partial charge on any atom is -0.326 e. The molecule has 0 aliphatic carbocycles. The van der Waals surface area contributed by atoms with Gasteiger partial charge < -0.3 is 15.6 Å². The van der Waals surface area contributed by atoms with E-state index in [0.717, 1.165) is 4.57 Å². The van der Waals surface area contributed by atoms with Crippen LogP contribution in [0.25, 0.3) is 11.0 Å². The highest BCUT2D eigenvalue weighted by Gasteiger charge is 2.32. The summed E-state index contributed by atoms with van der Waals surface area (Å²) in [6.07, 6.45) is -0.270. The summed E-state index contributed by atoms with van der Waals surface area (Å²) in [5, 5.41) is 5.37. The van der Waals surface area contributed by atoms with E-state index in [9.17, 15) is 19.2 Å². The lowest BCUT2D eigenvalue weighted by Gasteiger charge is -2.26. The molecule has 4 rings (SSSR count). The lowest BCUT2D eigenvalue weighted by atomic mass is 10.1. The number of nitrogens with zero attached hydrogens (tertiary/aromatic N) is 1. The molecule has 1 atom stereocenters. The van der Waals surface area contributed by atoms with Gasteiger partial charge in [0.2, 0.25) is 11.8 Å². The zero-order valence-corrected chi connectivity index (χ0v) is 13.5. The van der Waals surface area contributed by atoms with Crippen molar-refractivity contribution in [3.63, 3.8) is 0 Å². The second-order valence-corrected chi connectivity index (χ2v) is 5.95. The Hall–Kier alpha value is -3.68. The average Bonchev–Trinajstić information content (AvgIpc) is 2.62. The van der Waals surface area contributed by atoms with Crippen molar-refractivity contribution in [2.75, 3.05) is 10.6 Å². The molecule has 1 aliphatic rings. The lowest BCUT2D eigenvalue weighted by Crippen LogP contribution is -2.45. The van der Waals surface area contributed by atoms with Gasteiger partial charge in [0.15, 0.2) is 0 Å². The van der Waals surface area contributed by atoms with Crippen molar-refractivity contribution in [1.29, 1.82) is 0 Å². The van der Waals surface area contributed by atoms with Gasteiger partial charge in [-0.15, -0.1) is 0 Å². The van der Waals surface area contributed by atoms with Crippen molar-refractivity contribution in [3.05, 3.63) is 69.2 Å². The molecule has 130 valence electrons. The minimum atomic E-state index is -1.11. The summed E-state index contributed by atoms with van der Waals surface area (Å²) < 4.78 is 1.10. The zero-order chi connectivity index (χ0) is 18.3. The number of benzene rings is 2. The van der Waals surface area contributed by atoms with Crippen LogP contribution < -0.4 is 21.8 Å². The number of aromatic nitrogens is 2. The van der Waals surface area contributed by atoms with E-state index in [4.69, 9.17) is 0 Å². The third kappa shape index (κ3) is 2.57. The predicted molar refractivity (Wildman–Crippen MR) is 96.2 cm³/mol. The summed E-state index contributed by atoms with van der Waals surface area (Å²) in [6, 6.07) is 12.6. The third-order valence-corrected chi connectivity index (χ3v) is 4.25. The molecule has 0 spiro atoms. The number of para-hydroxylation sites is 2. The molecule has 8 heteroatoms. The number of carbonyl (C=O) groups excluding carboxylic acids is 2. The Kier molecular flexibility index (Phi) is 3.65. The van der Waals surface area contributed by atoms with E-state index in [1.165, 1.54) is 0 Å². The smallest absolute Gasteiger partial charge is 0.317 e. The maximum Gasteiger partial charge on any atom is 0.317 e. The normalized spacial score (nSPS) is 15.5. The van der Waals surface area contributed by atoms with Crippen molar-refractivity contribution < 1.29 is 9.59 Å². The van der Waals surface area contributed by atoms with E-state index in [-0.39, 0.29) is 6.42 Å². The van der Waals surface area contributed by atoms with Gasteiger partial charge in [-0.05, 0) is 24.3 Å². The van der Waals surface area contributed by atoms with Gasteiger partial charge in [-0.1, -0.05) is 24.3 Å². The number of hydrogen-bond acceptors (Lipinski definition) is 4. The quantitative estimate of drug-likeness (QED) is 0.616.